The van der Waals surface area contributed by atoms with Gasteiger partial charge < -0.3 is 10.5 Å². The summed E-state index contributed by atoms with van der Waals surface area (Å²) < 4.78 is 5.40. The van der Waals surface area contributed by atoms with Crippen molar-refractivity contribution < 1.29 is 4.74 Å². The summed E-state index contributed by atoms with van der Waals surface area (Å²) in [5.74, 6) is 0. The van der Waals surface area contributed by atoms with Gasteiger partial charge >= 0.3 is 6.01 Å². The molecule has 86 valence electrons. The molecule has 0 aliphatic carbocycles. The van der Waals surface area contributed by atoms with E-state index in [2.05, 4.69) is 9.97 Å². The fourth-order valence-corrected chi connectivity index (χ4v) is 1.14. The zero-order valence-corrected chi connectivity index (χ0v) is 9.60. The van der Waals surface area contributed by atoms with Crippen molar-refractivity contribution in [2.45, 2.75) is 32.2 Å². The quantitative estimate of drug-likeness (QED) is 0.807. The van der Waals surface area contributed by atoms with Crippen molar-refractivity contribution in [2.75, 3.05) is 6.61 Å². The van der Waals surface area contributed by atoms with Gasteiger partial charge in [0.2, 0.25) is 0 Å². The molecule has 5 nitrogen and oxygen atoms in total. The number of aromatic nitrogens is 2. The number of hydrogen-bond donors (Lipinski definition) is 1. The molecule has 0 spiro atoms. The van der Waals surface area contributed by atoms with Crippen LogP contribution in [0.25, 0.3) is 0 Å². The Kier molecular flexibility index (Phi) is 4.20. The molecule has 0 fully saturated rings. The summed E-state index contributed by atoms with van der Waals surface area (Å²) in [6, 6.07) is 3.66. The number of nitrogens with two attached hydrogens (primary N) is 1. The van der Waals surface area contributed by atoms with E-state index in [1.807, 2.05) is 19.9 Å². The Bertz CT molecular complexity index is 382. The van der Waals surface area contributed by atoms with Crippen molar-refractivity contribution in [3.05, 3.63) is 18.0 Å². The number of nitrogens with zero attached hydrogens (tertiary/aromatic N) is 3. The highest BCUT2D eigenvalue weighted by Gasteiger charge is 2.21. The maximum atomic E-state index is 8.66. The van der Waals surface area contributed by atoms with Gasteiger partial charge in [-0.2, -0.15) is 10.2 Å². The topological polar surface area (TPSA) is 84.8 Å². The van der Waals surface area contributed by atoms with Gasteiger partial charge in [0.1, 0.15) is 18.4 Å². The van der Waals surface area contributed by atoms with Crippen molar-refractivity contribution in [1.82, 2.24) is 9.97 Å². The molecule has 2 N–H and O–H groups in total. The minimum Gasteiger partial charge on any atom is -0.461 e. The Morgan fingerprint density at radius 3 is 2.75 bits per heavy atom. The summed E-state index contributed by atoms with van der Waals surface area (Å²) in [6.07, 6.45) is 3.14. The largest absolute Gasteiger partial charge is 0.461 e. The van der Waals surface area contributed by atoms with E-state index in [0.29, 0.717) is 12.3 Å². The zero-order chi connectivity index (χ0) is 12.0. The first-order valence-corrected chi connectivity index (χ1v) is 5.28. The van der Waals surface area contributed by atoms with E-state index >= 15 is 0 Å². The lowest BCUT2D eigenvalue weighted by molar-refractivity contribution is 0.193. The molecule has 0 aliphatic heterocycles. The third-order valence-corrected chi connectivity index (χ3v) is 2.64. The normalized spacial score (nSPS) is 10.9. The number of ether oxygens (including phenoxy) is 1. The average Bonchev–Trinajstić information content (AvgIpc) is 2.36. The molecule has 1 aromatic heterocycles. The molecule has 0 saturated carbocycles. The van der Waals surface area contributed by atoms with E-state index in [0.717, 1.165) is 12.8 Å². The zero-order valence-electron chi connectivity index (χ0n) is 9.60. The van der Waals surface area contributed by atoms with Crippen molar-refractivity contribution in [3.63, 3.8) is 0 Å². The highest BCUT2D eigenvalue weighted by atomic mass is 16.5. The predicted octanol–water partition coefficient (Wildman–Crippen LogP) is 1.24. The first-order valence-electron chi connectivity index (χ1n) is 5.28. The molecule has 0 aliphatic rings. The summed E-state index contributed by atoms with van der Waals surface area (Å²) in [7, 11) is 0. The van der Waals surface area contributed by atoms with Gasteiger partial charge in [0.25, 0.3) is 0 Å². The molecule has 1 rings (SSSR count). The molecule has 1 aromatic rings. The Morgan fingerprint density at radius 2 is 2.19 bits per heavy atom. The van der Waals surface area contributed by atoms with Gasteiger partial charge in [-0.1, -0.05) is 13.8 Å². The molecule has 0 amide bonds. The van der Waals surface area contributed by atoms with Crippen LogP contribution < -0.4 is 10.5 Å². The van der Waals surface area contributed by atoms with Crippen molar-refractivity contribution in [1.29, 1.82) is 5.26 Å². The van der Waals surface area contributed by atoms with Gasteiger partial charge in [-0.25, -0.2) is 4.98 Å². The van der Waals surface area contributed by atoms with Crippen LogP contribution in [0.3, 0.4) is 0 Å². The van der Waals surface area contributed by atoms with Crippen LogP contribution in [0.15, 0.2) is 12.3 Å². The molecule has 0 bridgehead atoms. The van der Waals surface area contributed by atoms with Crippen molar-refractivity contribution in [3.8, 4) is 12.1 Å². The van der Waals surface area contributed by atoms with E-state index < -0.39 is 0 Å². The minimum atomic E-state index is -0.355. The van der Waals surface area contributed by atoms with Gasteiger partial charge in [-0.15, -0.1) is 0 Å². The minimum absolute atomic E-state index is 0.204. The Labute approximate surface area is 95.3 Å². The average molecular weight is 220 g/mol. The van der Waals surface area contributed by atoms with E-state index in [9.17, 15) is 0 Å². The Morgan fingerprint density at radius 1 is 1.50 bits per heavy atom. The monoisotopic (exact) mass is 220 g/mol. The molecule has 0 unspecified atom stereocenters. The predicted molar refractivity (Wildman–Crippen MR) is 59.7 cm³/mol. The standard InChI is InChI=1S/C11H16N4O/c1-3-11(13,4-2)8-16-10-14-6-5-9(7-12)15-10/h5-6H,3-4,8,13H2,1-2H3. The maximum Gasteiger partial charge on any atom is 0.317 e. The molecular formula is C11H16N4O. The molecule has 0 atom stereocenters. The summed E-state index contributed by atoms with van der Waals surface area (Å²) >= 11 is 0. The highest BCUT2D eigenvalue weighted by Crippen LogP contribution is 2.13. The fraction of sp³-hybridized carbons (Fsp3) is 0.545. The lowest BCUT2D eigenvalue weighted by atomic mass is 9.96. The number of hydrogen-bond acceptors (Lipinski definition) is 5. The first kappa shape index (κ1) is 12.4. The second-order valence-electron chi connectivity index (χ2n) is 3.69. The summed E-state index contributed by atoms with van der Waals surface area (Å²) in [5, 5.41) is 8.66. The van der Waals surface area contributed by atoms with Crippen LogP contribution in [-0.4, -0.2) is 22.1 Å². The number of nitriles is 1. The fourth-order valence-electron chi connectivity index (χ4n) is 1.14. The van der Waals surface area contributed by atoms with E-state index in [-0.39, 0.29) is 11.5 Å². The van der Waals surface area contributed by atoms with Gasteiger partial charge in [-0.3, -0.25) is 0 Å². The summed E-state index contributed by atoms with van der Waals surface area (Å²) in [4.78, 5) is 7.83. The third-order valence-electron chi connectivity index (χ3n) is 2.64. The van der Waals surface area contributed by atoms with Crippen molar-refractivity contribution >= 4 is 0 Å². The highest BCUT2D eigenvalue weighted by molar-refractivity contribution is 5.19. The lowest BCUT2D eigenvalue weighted by Crippen LogP contribution is -2.44. The van der Waals surface area contributed by atoms with Crippen LogP contribution in [-0.2, 0) is 0 Å². The first-order chi connectivity index (χ1) is 7.63. The van der Waals surface area contributed by atoms with E-state index in [1.165, 1.54) is 12.3 Å². The van der Waals surface area contributed by atoms with Gasteiger partial charge in [-0.05, 0) is 18.9 Å². The molecule has 0 radical (unpaired) electrons. The van der Waals surface area contributed by atoms with E-state index in [1.54, 1.807) is 0 Å². The second kappa shape index (κ2) is 5.42. The van der Waals surface area contributed by atoms with Gasteiger partial charge in [0.15, 0.2) is 0 Å². The Balaban J connectivity index is 2.64. The summed E-state index contributed by atoms with van der Waals surface area (Å²) in [5.41, 5.74) is 6.01. The van der Waals surface area contributed by atoms with Crippen LogP contribution in [0.4, 0.5) is 0 Å². The SMILES string of the molecule is CCC(N)(CC)COc1nccc(C#N)n1. The maximum absolute atomic E-state index is 8.66. The molecule has 0 aromatic carbocycles. The number of rotatable bonds is 5. The van der Waals surface area contributed by atoms with Crippen LogP contribution in [0.5, 0.6) is 6.01 Å². The third kappa shape index (κ3) is 3.17. The molecular weight excluding hydrogens is 204 g/mol. The van der Waals surface area contributed by atoms with Crippen LogP contribution in [0.1, 0.15) is 32.4 Å². The molecule has 1 heterocycles. The molecule has 0 saturated heterocycles. The second-order valence-corrected chi connectivity index (χ2v) is 3.69. The lowest BCUT2D eigenvalue weighted by Gasteiger charge is -2.25. The van der Waals surface area contributed by atoms with Gasteiger partial charge in [0.05, 0.1) is 0 Å². The summed E-state index contributed by atoms with van der Waals surface area (Å²) in [6.45, 7) is 4.38. The van der Waals surface area contributed by atoms with E-state index in [4.69, 9.17) is 15.7 Å². The van der Waals surface area contributed by atoms with Crippen molar-refractivity contribution in [2.24, 2.45) is 5.73 Å². The van der Waals surface area contributed by atoms with Crippen LogP contribution in [0, 0.1) is 11.3 Å². The van der Waals surface area contributed by atoms with Crippen LogP contribution >= 0.6 is 0 Å². The molecule has 5 heteroatoms. The molecule has 16 heavy (non-hydrogen) atoms. The smallest absolute Gasteiger partial charge is 0.317 e. The van der Waals surface area contributed by atoms with Gasteiger partial charge in [0, 0.05) is 11.7 Å². The Hall–Kier alpha value is -1.67. The van der Waals surface area contributed by atoms with Crippen LogP contribution in [0.2, 0.25) is 0 Å².